The molecule has 16 heavy (non-hydrogen) atoms. The van der Waals surface area contributed by atoms with Crippen molar-refractivity contribution >= 4 is 32.8 Å². The minimum absolute atomic E-state index is 0.221. The SMILES string of the molecule is COC(=O)c1ccnc2ccc(F)c(Br)c12. The van der Waals surface area contributed by atoms with E-state index in [0.29, 0.717) is 16.5 Å². The van der Waals surface area contributed by atoms with Crippen LogP contribution in [0.5, 0.6) is 0 Å². The summed E-state index contributed by atoms with van der Waals surface area (Å²) in [6.07, 6.45) is 1.49. The summed E-state index contributed by atoms with van der Waals surface area (Å²) >= 11 is 3.11. The van der Waals surface area contributed by atoms with Gasteiger partial charge in [0.2, 0.25) is 0 Å². The van der Waals surface area contributed by atoms with Crippen molar-refractivity contribution in [3.63, 3.8) is 0 Å². The molecule has 1 aromatic carbocycles. The molecule has 2 aromatic rings. The molecule has 0 N–H and O–H groups in total. The van der Waals surface area contributed by atoms with E-state index >= 15 is 0 Å². The van der Waals surface area contributed by atoms with Crippen molar-refractivity contribution in [1.29, 1.82) is 0 Å². The number of carbonyl (C=O) groups excluding carboxylic acids is 1. The quantitative estimate of drug-likeness (QED) is 0.756. The first-order valence-electron chi connectivity index (χ1n) is 4.46. The number of benzene rings is 1. The Balaban J connectivity index is 2.84. The minimum atomic E-state index is -0.515. The lowest BCUT2D eigenvalue weighted by atomic mass is 10.1. The third-order valence-corrected chi connectivity index (χ3v) is 2.98. The van der Waals surface area contributed by atoms with E-state index < -0.39 is 11.8 Å². The smallest absolute Gasteiger partial charge is 0.338 e. The molecular formula is C11H7BrFNO2. The van der Waals surface area contributed by atoms with Crippen molar-refractivity contribution in [3.05, 3.63) is 40.2 Å². The second-order valence-corrected chi connectivity index (χ2v) is 3.90. The van der Waals surface area contributed by atoms with Gasteiger partial charge < -0.3 is 4.74 Å². The van der Waals surface area contributed by atoms with E-state index in [-0.39, 0.29) is 4.47 Å². The Morgan fingerprint density at radius 2 is 2.19 bits per heavy atom. The van der Waals surface area contributed by atoms with Crippen LogP contribution in [0.3, 0.4) is 0 Å². The van der Waals surface area contributed by atoms with Gasteiger partial charge in [-0.1, -0.05) is 0 Å². The van der Waals surface area contributed by atoms with Crippen LogP contribution < -0.4 is 0 Å². The van der Waals surface area contributed by atoms with Crippen LogP contribution in [0.1, 0.15) is 10.4 Å². The molecule has 1 heterocycles. The highest BCUT2D eigenvalue weighted by molar-refractivity contribution is 9.10. The highest BCUT2D eigenvalue weighted by atomic mass is 79.9. The van der Waals surface area contributed by atoms with Gasteiger partial charge in [-0.05, 0) is 34.1 Å². The second kappa shape index (κ2) is 4.17. The molecule has 0 aliphatic heterocycles. The number of rotatable bonds is 1. The maximum Gasteiger partial charge on any atom is 0.338 e. The van der Waals surface area contributed by atoms with Crippen LogP contribution >= 0.6 is 15.9 Å². The number of methoxy groups -OCH3 is 1. The van der Waals surface area contributed by atoms with Crippen LogP contribution in [0.2, 0.25) is 0 Å². The molecule has 0 aliphatic carbocycles. The van der Waals surface area contributed by atoms with E-state index in [2.05, 4.69) is 25.7 Å². The fourth-order valence-corrected chi connectivity index (χ4v) is 2.01. The van der Waals surface area contributed by atoms with Gasteiger partial charge >= 0.3 is 5.97 Å². The summed E-state index contributed by atoms with van der Waals surface area (Å²) in [4.78, 5) is 15.6. The molecule has 1 aromatic heterocycles. The number of ether oxygens (including phenoxy) is 1. The summed E-state index contributed by atoms with van der Waals surface area (Å²) in [5, 5.41) is 0.425. The lowest BCUT2D eigenvalue weighted by Crippen LogP contribution is -2.03. The van der Waals surface area contributed by atoms with E-state index in [0.717, 1.165) is 0 Å². The summed E-state index contributed by atoms with van der Waals surface area (Å²) in [6, 6.07) is 4.31. The lowest BCUT2D eigenvalue weighted by Gasteiger charge is -2.06. The Kier molecular flexibility index (Phi) is 2.87. The summed E-state index contributed by atoms with van der Waals surface area (Å²) in [7, 11) is 1.28. The van der Waals surface area contributed by atoms with E-state index in [9.17, 15) is 9.18 Å². The first-order valence-corrected chi connectivity index (χ1v) is 5.25. The summed E-state index contributed by atoms with van der Waals surface area (Å²) in [6.45, 7) is 0. The van der Waals surface area contributed by atoms with Crippen LogP contribution in [0.15, 0.2) is 28.9 Å². The maximum atomic E-state index is 13.4. The highest BCUT2D eigenvalue weighted by Crippen LogP contribution is 2.28. The lowest BCUT2D eigenvalue weighted by molar-refractivity contribution is 0.0603. The minimum Gasteiger partial charge on any atom is -0.465 e. The Morgan fingerprint density at radius 3 is 2.88 bits per heavy atom. The zero-order chi connectivity index (χ0) is 11.7. The van der Waals surface area contributed by atoms with E-state index in [4.69, 9.17) is 0 Å². The molecule has 82 valence electrons. The molecule has 0 radical (unpaired) electrons. The molecule has 0 saturated carbocycles. The van der Waals surface area contributed by atoms with Crippen LogP contribution in [0.4, 0.5) is 4.39 Å². The summed E-state index contributed by atoms with van der Waals surface area (Å²) < 4.78 is 18.2. The molecule has 0 bridgehead atoms. The number of aromatic nitrogens is 1. The third kappa shape index (κ3) is 1.67. The van der Waals surface area contributed by atoms with Crippen molar-refractivity contribution in [1.82, 2.24) is 4.98 Å². The van der Waals surface area contributed by atoms with Crippen molar-refractivity contribution < 1.29 is 13.9 Å². The molecule has 0 amide bonds. The zero-order valence-corrected chi connectivity index (χ0v) is 9.92. The van der Waals surface area contributed by atoms with Crippen LogP contribution in [-0.4, -0.2) is 18.1 Å². The monoisotopic (exact) mass is 283 g/mol. The van der Waals surface area contributed by atoms with Gasteiger partial charge in [0.15, 0.2) is 0 Å². The Labute approximate surface area is 99.4 Å². The average Bonchev–Trinajstić information content (AvgIpc) is 2.32. The fourth-order valence-electron chi connectivity index (χ4n) is 1.46. The molecule has 5 heteroatoms. The van der Waals surface area contributed by atoms with Gasteiger partial charge in [-0.3, -0.25) is 4.98 Å². The zero-order valence-electron chi connectivity index (χ0n) is 8.33. The van der Waals surface area contributed by atoms with Gasteiger partial charge in [-0.15, -0.1) is 0 Å². The largest absolute Gasteiger partial charge is 0.465 e. The van der Waals surface area contributed by atoms with Crippen molar-refractivity contribution in [2.45, 2.75) is 0 Å². The van der Waals surface area contributed by atoms with Gasteiger partial charge in [-0.25, -0.2) is 9.18 Å². The summed E-state index contributed by atoms with van der Waals surface area (Å²) in [5.41, 5.74) is 0.829. The molecular weight excluding hydrogens is 277 g/mol. The number of halogens is 2. The van der Waals surface area contributed by atoms with Gasteiger partial charge in [0, 0.05) is 11.6 Å². The molecule has 0 atom stereocenters. The van der Waals surface area contributed by atoms with Crippen LogP contribution in [0, 0.1) is 5.82 Å². The number of fused-ring (bicyclic) bond motifs is 1. The Morgan fingerprint density at radius 1 is 1.44 bits per heavy atom. The Hall–Kier alpha value is -1.49. The highest BCUT2D eigenvalue weighted by Gasteiger charge is 2.15. The molecule has 0 spiro atoms. The van der Waals surface area contributed by atoms with Gasteiger partial charge in [0.05, 0.1) is 22.7 Å². The number of hydrogen-bond acceptors (Lipinski definition) is 3. The topological polar surface area (TPSA) is 39.2 Å². The predicted molar refractivity (Wildman–Crippen MR) is 60.7 cm³/mol. The standard InChI is InChI=1S/C11H7BrFNO2/c1-16-11(15)6-4-5-14-8-3-2-7(13)10(12)9(6)8/h2-5H,1H3. The van der Waals surface area contributed by atoms with Gasteiger partial charge in [-0.2, -0.15) is 0 Å². The van der Waals surface area contributed by atoms with E-state index in [1.54, 1.807) is 0 Å². The number of esters is 1. The fraction of sp³-hybridized carbons (Fsp3) is 0.0909. The Bertz CT molecular complexity index is 571. The second-order valence-electron chi connectivity index (χ2n) is 3.11. The molecule has 2 rings (SSSR count). The number of hydrogen-bond donors (Lipinski definition) is 0. The molecule has 0 aliphatic rings. The maximum absolute atomic E-state index is 13.4. The van der Waals surface area contributed by atoms with Crippen molar-refractivity contribution in [2.24, 2.45) is 0 Å². The van der Waals surface area contributed by atoms with Crippen LogP contribution in [0.25, 0.3) is 10.9 Å². The third-order valence-electron chi connectivity index (χ3n) is 2.20. The first kappa shape index (κ1) is 11.0. The molecule has 3 nitrogen and oxygen atoms in total. The molecule has 0 unspecified atom stereocenters. The predicted octanol–water partition coefficient (Wildman–Crippen LogP) is 2.92. The summed E-state index contributed by atoms with van der Waals surface area (Å²) in [5.74, 6) is -0.954. The van der Waals surface area contributed by atoms with Gasteiger partial charge in [0.25, 0.3) is 0 Å². The van der Waals surface area contributed by atoms with Crippen LogP contribution in [-0.2, 0) is 4.74 Å². The molecule has 0 saturated heterocycles. The van der Waals surface area contributed by atoms with E-state index in [1.807, 2.05) is 0 Å². The number of nitrogens with zero attached hydrogens (tertiary/aromatic N) is 1. The number of pyridine rings is 1. The van der Waals surface area contributed by atoms with Crippen molar-refractivity contribution in [2.75, 3.05) is 7.11 Å². The van der Waals surface area contributed by atoms with Crippen molar-refractivity contribution in [3.8, 4) is 0 Å². The van der Waals surface area contributed by atoms with E-state index in [1.165, 1.54) is 31.5 Å². The normalized spacial score (nSPS) is 10.4. The average molecular weight is 284 g/mol. The number of carbonyl (C=O) groups is 1. The molecule has 0 fully saturated rings. The van der Waals surface area contributed by atoms with Gasteiger partial charge in [0.1, 0.15) is 5.82 Å². The first-order chi connectivity index (χ1) is 7.65.